The highest BCUT2D eigenvalue weighted by Crippen LogP contribution is 2.25. The van der Waals surface area contributed by atoms with Gasteiger partial charge in [-0.1, -0.05) is 47.1 Å². The Bertz CT molecular complexity index is 1620. The van der Waals surface area contributed by atoms with Crippen LogP contribution in [0.4, 0.5) is 5.69 Å². The molecule has 1 amide bonds. The Kier molecular flexibility index (Phi) is 7.41. The van der Waals surface area contributed by atoms with E-state index < -0.39 is 15.9 Å². The number of halogens is 1. The number of carbonyl (C=O) groups is 1. The number of hydrogen-bond donors (Lipinski definition) is 1. The number of hydrogen-bond acceptors (Lipinski definition) is 6. The fraction of sp³-hybridized carbons (Fsp3) is 0.0714. The van der Waals surface area contributed by atoms with Crippen LogP contribution in [0.2, 0.25) is 5.02 Å². The molecule has 0 aliphatic heterocycles. The van der Waals surface area contributed by atoms with Gasteiger partial charge in [0.15, 0.2) is 11.5 Å². The molecule has 2 aromatic heterocycles. The summed E-state index contributed by atoms with van der Waals surface area (Å²) in [6.07, 6.45) is 1.51. The lowest BCUT2D eigenvalue weighted by Crippen LogP contribution is -2.30. The number of sulfonamides is 1. The second kappa shape index (κ2) is 11.1. The molecule has 1 N–H and O–H groups in total. The molecule has 192 valence electrons. The lowest BCUT2D eigenvalue weighted by molar-refractivity contribution is 0.101. The van der Waals surface area contributed by atoms with Crippen LogP contribution < -0.4 is 5.32 Å². The predicted octanol–water partition coefficient (Wildman–Crippen LogP) is 6.23. The quantitative estimate of drug-likeness (QED) is 0.234. The standard InChI is InChI=1S/C28H22ClN3O5S/c29-22-10-8-21(9-11-22)27-17-26(31-37-27)28(33)30-23-12-14-25(15-13-23)38(34,35)32(19-24-7-4-16-36-24)18-20-5-2-1-3-6-20/h1-17H,18-19H2,(H,30,33). The molecule has 10 heteroatoms. The van der Waals surface area contributed by atoms with Crippen molar-refractivity contribution in [2.75, 3.05) is 5.32 Å². The van der Waals surface area contributed by atoms with Gasteiger partial charge in [0.1, 0.15) is 5.76 Å². The summed E-state index contributed by atoms with van der Waals surface area (Å²) < 4.78 is 39.1. The number of carbonyl (C=O) groups excluding carboxylic acids is 1. The van der Waals surface area contributed by atoms with E-state index in [0.29, 0.717) is 22.2 Å². The first-order chi connectivity index (χ1) is 18.4. The average Bonchev–Trinajstić information content (AvgIpc) is 3.63. The van der Waals surface area contributed by atoms with Crippen LogP contribution in [-0.4, -0.2) is 23.8 Å². The van der Waals surface area contributed by atoms with E-state index in [1.54, 1.807) is 36.4 Å². The molecule has 0 aliphatic rings. The highest BCUT2D eigenvalue weighted by atomic mass is 35.5. The maximum absolute atomic E-state index is 13.5. The van der Waals surface area contributed by atoms with E-state index in [1.165, 1.54) is 40.9 Å². The van der Waals surface area contributed by atoms with Gasteiger partial charge < -0.3 is 14.3 Å². The number of anilines is 1. The summed E-state index contributed by atoms with van der Waals surface area (Å²) in [7, 11) is -3.88. The summed E-state index contributed by atoms with van der Waals surface area (Å²) >= 11 is 5.91. The van der Waals surface area contributed by atoms with Crippen molar-refractivity contribution < 1.29 is 22.2 Å². The Morgan fingerprint density at radius 3 is 2.32 bits per heavy atom. The predicted molar refractivity (Wildman–Crippen MR) is 143 cm³/mol. The number of aromatic nitrogens is 1. The molecule has 0 bridgehead atoms. The fourth-order valence-corrected chi connectivity index (χ4v) is 5.30. The number of nitrogens with one attached hydrogen (secondary N) is 1. The summed E-state index contributed by atoms with van der Waals surface area (Å²) in [4.78, 5) is 12.8. The Morgan fingerprint density at radius 2 is 1.63 bits per heavy atom. The summed E-state index contributed by atoms with van der Waals surface area (Å²) in [5, 5.41) is 7.13. The van der Waals surface area contributed by atoms with Crippen molar-refractivity contribution in [1.82, 2.24) is 9.46 Å². The van der Waals surface area contributed by atoms with Gasteiger partial charge in [-0.2, -0.15) is 4.31 Å². The van der Waals surface area contributed by atoms with E-state index in [1.807, 2.05) is 30.3 Å². The summed E-state index contributed by atoms with van der Waals surface area (Å²) in [6.45, 7) is 0.245. The molecule has 3 aromatic carbocycles. The lowest BCUT2D eigenvalue weighted by atomic mass is 10.1. The maximum atomic E-state index is 13.5. The molecular weight excluding hydrogens is 526 g/mol. The monoisotopic (exact) mass is 547 g/mol. The second-order valence-electron chi connectivity index (χ2n) is 8.40. The van der Waals surface area contributed by atoms with E-state index in [2.05, 4.69) is 10.5 Å². The Hall–Kier alpha value is -4.18. The molecule has 5 rings (SSSR count). The van der Waals surface area contributed by atoms with Gasteiger partial charge in [-0.3, -0.25) is 4.79 Å². The number of amides is 1. The second-order valence-corrected chi connectivity index (χ2v) is 10.8. The van der Waals surface area contributed by atoms with Gasteiger partial charge >= 0.3 is 0 Å². The van der Waals surface area contributed by atoms with E-state index in [0.717, 1.165) is 11.1 Å². The molecule has 0 saturated heterocycles. The molecule has 0 saturated carbocycles. The van der Waals surface area contributed by atoms with E-state index in [4.69, 9.17) is 20.5 Å². The SMILES string of the molecule is O=C(Nc1ccc(S(=O)(=O)N(Cc2ccccc2)Cc2ccco2)cc1)c1cc(-c2ccc(Cl)cc2)on1. The minimum absolute atomic E-state index is 0.0742. The third kappa shape index (κ3) is 5.86. The molecule has 38 heavy (non-hydrogen) atoms. The minimum atomic E-state index is -3.88. The zero-order valence-corrected chi connectivity index (χ0v) is 21.5. The summed E-state index contributed by atoms with van der Waals surface area (Å²) in [5.41, 5.74) is 2.06. The highest BCUT2D eigenvalue weighted by molar-refractivity contribution is 7.89. The molecule has 2 heterocycles. The van der Waals surface area contributed by atoms with Gasteiger partial charge in [-0.05, 0) is 66.2 Å². The van der Waals surface area contributed by atoms with Crippen LogP contribution in [0.25, 0.3) is 11.3 Å². The summed E-state index contributed by atoms with van der Waals surface area (Å²) in [5.74, 6) is 0.454. The van der Waals surface area contributed by atoms with Gasteiger partial charge in [0.05, 0.1) is 17.7 Å². The third-order valence-corrected chi connectivity index (χ3v) is 7.79. The zero-order chi connectivity index (χ0) is 26.5. The highest BCUT2D eigenvalue weighted by Gasteiger charge is 2.26. The lowest BCUT2D eigenvalue weighted by Gasteiger charge is -2.21. The Labute approximate surface area is 224 Å². The Morgan fingerprint density at radius 1 is 0.895 bits per heavy atom. The Balaban J connectivity index is 1.31. The van der Waals surface area contributed by atoms with Gasteiger partial charge in [0, 0.05) is 28.9 Å². The first-order valence-corrected chi connectivity index (χ1v) is 13.4. The number of nitrogens with zero attached hydrogens (tertiary/aromatic N) is 2. The molecule has 8 nitrogen and oxygen atoms in total. The fourth-order valence-electron chi connectivity index (χ4n) is 3.78. The van der Waals surface area contributed by atoms with Crippen molar-refractivity contribution in [3.05, 3.63) is 125 Å². The van der Waals surface area contributed by atoms with Crippen LogP contribution in [0.5, 0.6) is 0 Å². The smallest absolute Gasteiger partial charge is 0.277 e. The molecule has 0 fully saturated rings. The van der Waals surface area contributed by atoms with Crippen molar-refractivity contribution in [2.45, 2.75) is 18.0 Å². The summed E-state index contributed by atoms with van der Waals surface area (Å²) in [6, 6.07) is 27.2. The van der Waals surface area contributed by atoms with Crippen molar-refractivity contribution in [2.24, 2.45) is 0 Å². The molecule has 0 spiro atoms. The normalized spacial score (nSPS) is 11.5. The minimum Gasteiger partial charge on any atom is -0.468 e. The van der Waals surface area contributed by atoms with Crippen molar-refractivity contribution >= 4 is 33.2 Å². The van der Waals surface area contributed by atoms with Crippen LogP contribution in [0, 0.1) is 0 Å². The molecule has 0 unspecified atom stereocenters. The van der Waals surface area contributed by atoms with E-state index in [9.17, 15) is 13.2 Å². The first kappa shape index (κ1) is 25.5. The largest absolute Gasteiger partial charge is 0.468 e. The van der Waals surface area contributed by atoms with Gasteiger partial charge in [0.25, 0.3) is 5.91 Å². The zero-order valence-electron chi connectivity index (χ0n) is 20.0. The maximum Gasteiger partial charge on any atom is 0.277 e. The van der Waals surface area contributed by atoms with Crippen LogP contribution in [0.3, 0.4) is 0 Å². The number of benzene rings is 3. The third-order valence-electron chi connectivity index (χ3n) is 5.74. The average molecular weight is 548 g/mol. The molecular formula is C28H22ClN3O5S. The van der Waals surface area contributed by atoms with Gasteiger partial charge in [0.2, 0.25) is 10.0 Å². The van der Waals surface area contributed by atoms with Gasteiger partial charge in [-0.15, -0.1) is 0 Å². The van der Waals surface area contributed by atoms with Crippen LogP contribution >= 0.6 is 11.6 Å². The van der Waals surface area contributed by atoms with Crippen molar-refractivity contribution in [1.29, 1.82) is 0 Å². The van der Waals surface area contributed by atoms with E-state index in [-0.39, 0.29) is 23.7 Å². The van der Waals surface area contributed by atoms with Gasteiger partial charge in [-0.25, -0.2) is 8.42 Å². The van der Waals surface area contributed by atoms with Crippen LogP contribution in [-0.2, 0) is 23.1 Å². The first-order valence-electron chi connectivity index (χ1n) is 11.6. The van der Waals surface area contributed by atoms with Crippen LogP contribution in [0.15, 0.2) is 117 Å². The van der Waals surface area contributed by atoms with Crippen LogP contribution in [0.1, 0.15) is 21.8 Å². The number of furan rings is 1. The molecule has 0 aliphatic carbocycles. The van der Waals surface area contributed by atoms with E-state index >= 15 is 0 Å². The van der Waals surface area contributed by atoms with Crippen molar-refractivity contribution in [3.8, 4) is 11.3 Å². The van der Waals surface area contributed by atoms with Crippen molar-refractivity contribution in [3.63, 3.8) is 0 Å². The topological polar surface area (TPSA) is 106 Å². The molecule has 5 aromatic rings. The molecule has 0 atom stereocenters. The molecule has 0 radical (unpaired) electrons. The number of rotatable bonds is 9.